The molecule has 1 unspecified atom stereocenters. The van der Waals surface area contributed by atoms with Gasteiger partial charge < -0.3 is 10.4 Å². The van der Waals surface area contributed by atoms with Gasteiger partial charge in [0.15, 0.2) is 6.19 Å². The fourth-order valence-electron chi connectivity index (χ4n) is 2.45. The van der Waals surface area contributed by atoms with Crippen LogP contribution in [0.5, 0.6) is 0 Å². The highest BCUT2D eigenvalue weighted by Crippen LogP contribution is 2.17. The Balaban J connectivity index is 2.24. The molecule has 0 heterocycles. The fraction of sp³-hybridized carbons (Fsp3) is 0.158. The highest BCUT2D eigenvalue weighted by molar-refractivity contribution is 5.97. The molecular formula is C19H17N3O4. The molecule has 0 aliphatic carbocycles. The molecule has 0 aliphatic rings. The molecule has 0 aliphatic heterocycles. The van der Waals surface area contributed by atoms with Gasteiger partial charge in [-0.15, -0.1) is 0 Å². The Hall–Kier alpha value is -3.66. The van der Waals surface area contributed by atoms with E-state index in [2.05, 4.69) is 5.32 Å². The van der Waals surface area contributed by atoms with Crippen LogP contribution in [0.15, 0.2) is 54.6 Å². The van der Waals surface area contributed by atoms with Crippen LogP contribution in [0.1, 0.15) is 5.56 Å². The summed E-state index contributed by atoms with van der Waals surface area (Å²) in [5, 5.41) is 22.0. The maximum Gasteiger partial charge on any atom is 0.328 e. The van der Waals surface area contributed by atoms with Crippen molar-refractivity contribution in [1.29, 1.82) is 5.26 Å². The van der Waals surface area contributed by atoms with Gasteiger partial charge in [-0.05, 0) is 16.3 Å². The van der Waals surface area contributed by atoms with Crippen LogP contribution >= 0.6 is 0 Å². The minimum atomic E-state index is -1.27. The Morgan fingerprint density at radius 3 is 2.54 bits per heavy atom. The molecule has 26 heavy (non-hydrogen) atoms. The van der Waals surface area contributed by atoms with Crippen LogP contribution in [-0.2, 0) is 20.8 Å². The summed E-state index contributed by atoms with van der Waals surface area (Å²) in [5.41, 5.74) is 0.802. The summed E-state index contributed by atoms with van der Waals surface area (Å²) in [4.78, 5) is 35.6. The summed E-state index contributed by atoms with van der Waals surface area (Å²) >= 11 is 0. The number of carbonyl (C=O) groups is 3. The van der Waals surface area contributed by atoms with Gasteiger partial charge in [0.2, 0.25) is 5.91 Å². The molecule has 0 bridgehead atoms. The quantitative estimate of drug-likeness (QED) is 0.465. The van der Waals surface area contributed by atoms with Gasteiger partial charge in [0.25, 0.3) is 5.91 Å². The number of likely N-dealkylation sites (N-methyl/N-ethyl adjacent to an activating group) is 1. The van der Waals surface area contributed by atoms with E-state index < -0.39 is 23.8 Å². The minimum Gasteiger partial charge on any atom is -0.478 e. The molecule has 7 heteroatoms. The lowest BCUT2D eigenvalue weighted by Gasteiger charge is -2.19. The number of nitriles is 1. The van der Waals surface area contributed by atoms with E-state index >= 15 is 0 Å². The highest BCUT2D eigenvalue weighted by Gasteiger charge is 2.24. The number of amides is 2. The number of carbonyl (C=O) groups excluding carboxylic acids is 2. The zero-order chi connectivity index (χ0) is 19.1. The van der Waals surface area contributed by atoms with E-state index in [1.54, 1.807) is 6.19 Å². The third-order valence-corrected chi connectivity index (χ3v) is 3.73. The van der Waals surface area contributed by atoms with Crippen molar-refractivity contribution in [3.63, 3.8) is 0 Å². The third kappa shape index (κ3) is 4.92. The molecule has 2 rings (SSSR count). The number of nitrogens with zero attached hydrogens (tertiary/aromatic N) is 2. The van der Waals surface area contributed by atoms with E-state index in [1.807, 2.05) is 42.5 Å². The Labute approximate surface area is 150 Å². The van der Waals surface area contributed by atoms with Crippen LogP contribution in [0.25, 0.3) is 10.8 Å². The van der Waals surface area contributed by atoms with Gasteiger partial charge >= 0.3 is 5.97 Å². The predicted octanol–water partition coefficient (Wildman–Crippen LogP) is 1.45. The van der Waals surface area contributed by atoms with Crippen LogP contribution in [-0.4, -0.2) is 40.9 Å². The summed E-state index contributed by atoms with van der Waals surface area (Å²) < 4.78 is 0. The molecule has 2 N–H and O–H groups in total. The molecule has 0 fully saturated rings. The van der Waals surface area contributed by atoms with Gasteiger partial charge in [0.05, 0.1) is 0 Å². The first-order chi connectivity index (χ1) is 12.4. The van der Waals surface area contributed by atoms with E-state index in [-0.39, 0.29) is 6.42 Å². The summed E-state index contributed by atoms with van der Waals surface area (Å²) in [6, 6.07) is 12.4. The number of carboxylic acid groups (broad SMARTS) is 1. The van der Waals surface area contributed by atoms with Crippen molar-refractivity contribution in [2.45, 2.75) is 12.5 Å². The third-order valence-electron chi connectivity index (χ3n) is 3.73. The standard InChI is InChI=1S/C19H17N3O4/c1-22(12-20)19(26)16(21-17(23)8-9-18(24)25)11-13-6-7-14-4-2-3-5-15(14)10-13/h2-10,16H,11H2,1H3,(H,21,23)(H,24,25). The zero-order valence-electron chi connectivity index (χ0n) is 14.0. The first-order valence-corrected chi connectivity index (χ1v) is 7.77. The number of hydrogen-bond acceptors (Lipinski definition) is 4. The van der Waals surface area contributed by atoms with E-state index in [4.69, 9.17) is 10.4 Å². The van der Waals surface area contributed by atoms with Gasteiger partial charge in [-0.3, -0.25) is 14.5 Å². The minimum absolute atomic E-state index is 0.169. The van der Waals surface area contributed by atoms with Crippen LogP contribution in [0.3, 0.4) is 0 Å². The van der Waals surface area contributed by atoms with Crippen molar-refractivity contribution >= 4 is 28.6 Å². The summed E-state index contributed by atoms with van der Waals surface area (Å²) in [5.74, 6) is -2.58. The van der Waals surface area contributed by atoms with Crippen molar-refractivity contribution < 1.29 is 19.5 Å². The molecule has 2 amide bonds. The van der Waals surface area contributed by atoms with Gasteiger partial charge in [0.1, 0.15) is 6.04 Å². The lowest BCUT2D eigenvalue weighted by molar-refractivity contribution is -0.132. The molecule has 0 spiro atoms. The van der Waals surface area contributed by atoms with Crippen molar-refractivity contribution in [2.75, 3.05) is 7.05 Å². The molecule has 1 atom stereocenters. The molecule has 132 valence electrons. The Morgan fingerprint density at radius 1 is 1.19 bits per heavy atom. The average Bonchev–Trinajstić information content (AvgIpc) is 2.64. The lowest BCUT2D eigenvalue weighted by Crippen LogP contribution is -2.47. The maximum atomic E-state index is 12.4. The summed E-state index contributed by atoms with van der Waals surface area (Å²) in [7, 11) is 1.30. The second kappa shape index (κ2) is 8.44. The number of aliphatic carboxylic acids is 1. The first kappa shape index (κ1) is 18.7. The maximum absolute atomic E-state index is 12.4. The average molecular weight is 351 g/mol. The van der Waals surface area contributed by atoms with Crippen LogP contribution in [0.4, 0.5) is 0 Å². The van der Waals surface area contributed by atoms with Gasteiger partial charge in [-0.2, -0.15) is 5.26 Å². The molecule has 0 saturated carbocycles. The van der Waals surface area contributed by atoms with Gasteiger partial charge in [-0.1, -0.05) is 42.5 Å². The molecule has 2 aromatic rings. The fourth-order valence-corrected chi connectivity index (χ4v) is 2.45. The topological polar surface area (TPSA) is 111 Å². The second-order valence-corrected chi connectivity index (χ2v) is 5.62. The number of hydrogen-bond donors (Lipinski definition) is 2. The molecular weight excluding hydrogens is 334 g/mol. The summed E-state index contributed by atoms with van der Waals surface area (Å²) in [6.45, 7) is 0. The molecule has 0 radical (unpaired) electrons. The van der Waals surface area contributed by atoms with Crippen LogP contribution in [0.2, 0.25) is 0 Å². The Morgan fingerprint density at radius 2 is 1.88 bits per heavy atom. The van der Waals surface area contributed by atoms with Crippen molar-refractivity contribution in [3.8, 4) is 6.19 Å². The van der Waals surface area contributed by atoms with E-state index in [0.29, 0.717) is 6.08 Å². The largest absolute Gasteiger partial charge is 0.478 e. The second-order valence-electron chi connectivity index (χ2n) is 5.62. The SMILES string of the molecule is CN(C#N)C(=O)C(Cc1ccc2ccccc2c1)NC(=O)C=CC(=O)O. The smallest absolute Gasteiger partial charge is 0.328 e. The number of nitrogens with one attached hydrogen (secondary N) is 1. The normalized spacial score (nSPS) is 11.7. The molecule has 0 aromatic heterocycles. The number of carboxylic acids is 1. The number of benzene rings is 2. The zero-order valence-corrected chi connectivity index (χ0v) is 14.0. The number of fused-ring (bicyclic) bond motifs is 1. The van der Waals surface area contributed by atoms with Crippen LogP contribution in [0, 0.1) is 11.5 Å². The Bertz CT molecular complexity index is 914. The van der Waals surface area contributed by atoms with Gasteiger partial charge in [-0.25, -0.2) is 4.79 Å². The summed E-state index contributed by atoms with van der Waals surface area (Å²) in [6.07, 6.45) is 3.38. The van der Waals surface area contributed by atoms with E-state index in [1.165, 1.54) is 7.05 Å². The highest BCUT2D eigenvalue weighted by atomic mass is 16.4. The first-order valence-electron chi connectivity index (χ1n) is 7.77. The monoisotopic (exact) mass is 351 g/mol. The van der Waals surface area contributed by atoms with Crippen molar-refractivity contribution in [1.82, 2.24) is 10.2 Å². The Kier molecular flexibility index (Phi) is 6.06. The molecule has 7 nitrogen and oxygen atoms in total. The van der Waals surface area contributed by atoms with E-state index in [9.17, 15) is 14.4 Å². The van der Waals surface area contributed by atoms with E-state index in [0.717, 1.165) is 27.3 Å². The molecule has 2 aromatic carbocycles. The molecule has 0 saturated heterocycles. The van der Waals surface area contributed by atoms with Gasteiger partial charge in [0, 0.05) is 25.6 Å². The predicted molar refractivity (Wildman–Crippen MR) is 94.7 cm³/mol. The lowest BCUT2D eigenvalue weighted by atomic mass is 10.0. The van der Waals surface area contributed by atoms with Crippen molar-refractivity contribution in [3.05, 3.63) is 60.2 Å². The van der Waals surface area contributed by atoms with Crippen molar-refractivity contribution in [2.24, 2.45) is 0 Å². The van der Waals surface area contributed by atoms with Crippen LogP contribution < -0.4 is 5.32 Å². The number of rotatable bonds is 6.